The summed E-state index contributed by atoms with van der Waals surface area (Å²) in [5.74, 6) is -0.0442. The Labute approximate surface area is 192 Å². The van der Waals surface area contributed by atoms with Crippen molar-refractivity contribution in [3.05, 3.63) is 95.9 Å². The minimum atomic E-state index is -3.32. The number of nitrogens with zero attached hydrogens (tertiary/aromatic N) is 2. The molecule has 0 saturated heterocycles. The quantitative estimate of drug-likeness (QED) is 0.426. The van der Waals surface area contributed by atoms with E-state index in [1.54, 1.807) is 50.2 Å². The second-order valence-corrected chi connectivity index (χ2v) is 10.3. The van der Waals surface area contributed by atoms with Gasteiger partial charge in [-0.3, -0.25) is 10.1 Å². The Balaban J connectivity index is 1.39. The Bertz CT molecular complexity index is 1350. The molecular weight excluding hydrogens is 438 g/mol. The number of hydrogen-bond acceptors (Lipinski definition) is 6. The number of aromatic nitrogens is 2. The first kappa shape index (κ1) is 22.4. The van der Waals surface area contributed by atoms with Crippen LogP contribution in [0.1, 0.15) is 35.7 Å². The highest BCUT2D eigenvalue weighted by Gasteiger charge is 2.19. The molecule has 1 heterocycles. The number of rotatable bonds is 7. The number of amides is 1. The average Bonchev–Trinajstić information content (AvgIpc) is 3.26. The van der Waals surface area contributed by atoms with Gasteiger partial charge in [-0.15, -0.1) is 5.10 Å². The van der Waals surface area contributed by atoms with E-state index in [9.17, 15) is 13.2 Å². The fourth-order valence-electron chi connectivity index (χ4n) is 3.23. The number of carbonyl (C=O) groups is 1. The van der Waals surface area contributed by atoms with Crippen LogP contribution in [0.15, 0.2) is 88.2 Å². The molecule has 168 valence electrons. The highest BCUT2D eigenvalue weighted by molar-refractivity contribution is 7.92. The molecule has 1 amide bonds. The summed E-state index contributed by atoms with van der Waals surface area (Å²) in [5, 5.41) is 9.96. The maximum atomic E-state index is 12.5. The summed E-state index contributed by atoms with van der Waals surface area (Å²) in [7, 11) is -3.32. The predicted octanol–water partition coefficient (Wildman–Crippen LogP) is 4.76. The van der Waals surface area contributed by atoms with Crippen molar-refractivity contribution in [3.63, 3.8) is 0 Å². The van der Waals surface area contributed by atoms with Crippen LogP contribution in [-0.4, -0.2) is 29.8 Å². The van der Waals surface area contributed by atoms with E-state index in [0.717, 1.165) is 16.7 Å². The van der Waals surface area contributed by atoms with Gasteiger partial charge in [-0.1, -0.05) is 59.7 Å². The second kappa shape index (κ2) is 9.38. The molecule has 0 aliphatic heterocycles. The SMILES string of the molecule is CC(C)S(=O)(=O)c1ccc(Cc2nnc(NC(=O)c3ccc(-c4ccccc4)cc3)o2)cc1. The molecule has 0 saturated carbocycles. The zero-order valence-electron chi connectivity index (χ0n) is 18.2. The van der Waals surface area contributed by atoms with Crippen LogP contribution in [0.5, 0.6) is 0 Å². The third-order valence-corrected chi connectivity index (χ3v) is 7.34. The summed E-state index contributed by atoms with van der Waals surface area (Å²) in [6.07, 6.45) is 0.316. The molecule has 33 heavy (non-hydrogen) atoms. The number of anilines is 1. The van der Waals surface area contributed by atoms with E-state index in [2.05, 4.69) is 15.5 Å². The molecule has 0 unspecified atom stereocenters. The van der Waals surface area contributed by atoms with E-state index in [4.69, 9.17) is 4.42 Å². The van der Waals surface area contributed by atoms with Crippen molar-refractivity contribution in [3.8, 4) is 11.1 Å². The summed E-state index contributed by atoms with van der Waals surface area (Å²) in [4.78, 5) is 12.8. The fourth-order valence-corrected chi connectivity index (χ4v) is 4.29. The number of hydrogen-bond donors (Lipinski definition) is 1. The van der Waals surface area contributed by atoms with Crippen LogP contribution < -0.4 is 5.32 Å². The summed E-state index contributed by atoms with van der Waals surface area (Å²) in [5.41, 5.74) is 3.37. The molecule has 1 N–H and O–H groups in total. The number of nitrogens with one attached hydrogen (secondary N) is 1. The van der Waals surface area contributed by atoms with Gasteiger partial charge in [0, 0.05) is 5.56 Å². The molecule has 0 spiro atoms. The van der Waals surface area contributed by atoms with Crippen molar-refractivity contribution in [2.24, 2.45) is 0 Å². The monoisotopic (exact) mass is 461 g/mol. The molecule has 0 aliphatic rings. The van der Waals surface area contributed by atoms with Crippen LogP contribution in [0, 0.1) is 0 Å². The smallest absolute Gasteiger partial charge is 0.322 e. The van der Waals surface area contributed by atoms with E-state index in [-0.39, 0.29) is 16.8 Å². The molecule has 7 nitrogen and oxygen atoms in total. The Morgan fingerprint density at radius 1 is 0.879 bits per heavy atom. The molecule has 8 heteroatoms. The van der Waals surface area contributed by atoms with Crippen LogP contribution >= 0.6 is 0 Å². The van der Waals surface area contributed by atoms with Gasteiger partial charge in [0.2, 0.25) is 5.89 Å². The van der Waals surface area contributed by atoms with Gasteiger partial charge in [0.25, 0.3) is 5.91 Å². The number of benzene rings is 3. The lowest BCUT2D eigenvalue weighted by Crippen LogP contribution is -2.13. The van der Waals surface area contributed by atoms with Gasteiger partial charge >= 0.3 is 6.01 Å². The first-order chi connectivity index (χ1) is 15.8. The van der Waals surface area contributed by atoms with Crippen LogP contribution in [0.25, 0.3) is 11.1 Å². The normalized spacial score (nSPS) is 11.5. The maximum Gasteiger partial charge on any atom is 0.322 e. The minimum absolute atomic E-state index is 0.00106. The van der Waals surface area contributed by atoms with E-state index < -0.39 is 15.1 Å². The minimum Gasteiger partial charge on any atom is -0.407 e. The van der Waals surface area contributed by atoms with Gasteiger partial charge in [-0.05, 0) is 54.8 Å². The molecule has 0 aliphatic carbocycles. The standard InChI is InChI=1S/C25H23N3O4S/c1-17(2)33(30,31)22-14-8-18(9-15-22)16-23-27-28-25(32-23)26-24(29)21-12-10-20(11-13-21)19-6-4-3-5-7-19/h3-15,17H,16H2,1-2H3,(H,26,28,29). The molecule has 3 aromatic carbocycles. The van der Waals surface area contributed by atoms with Crippen molar-refractivity contribution in [1.82, 2.24) is 10.2 Å². The summed E-state index contributed by atoms with van der Waals surface area (Å²) >= 11 is 0. The van der Waals surface area contributed by atoms with Crippen molar-refractivity contribution in [2.45, 2.75) is 30.4 Å². The first-order valence-corrected chi connectivity index (χ1v) is 12.0. The third-order valence-electron chi connectivity index (χ3n) is 5.17. The average molecular weight is 462 g/mol. The fraction of sp³-hybridized carbons (Fsp3) is 0.160. The molecule has 0 bridgehead atoms. The molecule has 1 aromatic heterocycles. The molecule has 4 rings (SSSR count). The van der Waals surface area contributed by atoms with Gasteiger partial charge < -0.3 is 4.42 Å². The Kier molecular flexibility index (Phi) is 6.37. The first-order valence-electron chi connectivity index (χ1n) is 10.4. The number of carbonyl (C=O) groups excluding carboxylic acids is 1. The van der Waals surface area contributed by atoms with Crippen molar-refractivity contribution >= 4 is 21.8 Å². The van der Waals surface area contributed by atoms with Crippen molar-refractivity contribution in [2.75, 3.05) is 5.32 Å². The van der Waals surface area contributed by atoms with Crippen LogP contribution in [0.2, 0.25) is 0 Å². The molecule has 0 atom stereocenters. The van der Waals surface area contributed by atoms with E-state index in [1.165, 1.54) is 0 Å². The highest BCUT2D eigenvalue weighted by Crippen LogP contribution is 2.21. The van der Waals surface area contributed by atoms with E-state index in [0.29, 0.717) is 17.9 Å². The van der Waals surface area contributed by atoms with E-state index >= 15 is 0 Å². The van der Waals surface area contributed by atoms with E-state index in [1.807, 2.05) is 42.5 Å². The summed E-state index contributed by atoms with van der Waals surface area (Å²) in [6, 6.07) is 23.7. The van der Waals surface area contributed by atoms with Crippen LogP contribution in [0.4, 0.5) is 6.01 Å². The lowest BCUT2D eigenvalue weighted by atomic mass is 10.0. The lowest BCUT2D eigenvalue weighted by Gasteiger charge is -2.08. The van der Waals surface area contributed by atoms with Gasteiger partial charge in [0.15, 0.2) is 9.84 Å². The Hall–Kier alpha value is -3.78. The Morgan fingerprint density at radius 3 is 2.15 bits per heavy atom. The molecule has 0 radical (unpaired) electrons. The van der Waals surface area contributed by atoms with Crippen LogP contribution in [0.3, 0.4) is 0 Å². The molecule has 4 aromatic rings. The van der Waals surface area contributed by atoms with Gasteiger partial charge in [0.1, 0.15) is 0 Å². The largest absolute Gasteiger partial charge is 0.407 e. The number of sulfone groups is 1. The Morgan fingerprint density at radius 2 is 1.52 bits per heavy atom. The van der Waals surface area contributed by atoms with Gasteiger partial charge in [-0.2, -0.15) is 0 Å². The second-order valence-electron chi connectivity index (χ2n) is 7.81. The topological polar surface area (TPSA) is 102 Å². The maximum absolute atomic E-state index is 12.5. The third kappa shape index (κ3) is 5.18. The van der Waals surface area contributed by atoms with Gasteiger partial charge in [-0.25, -0.2) is 8.42 Å². The summed E-state index contributed by atoms with van der Waals surface area (Å²) < 4.78 is 30.0. The molecular formula is C25H23N3O4S. The summed E-state index contributed by atoms with van der Waals surface area (Å²) in [6.45, 7) is 3.30. The zero-order valence-corrected chi connectivity index (χ0v) is 19.0. The highest BCUT2D eigenvalue weighted by atomic mass is 32.2. The lowest BCUT2D eigenvalue weighted by molar-refractivity contribution is 0.102. The predicted molar refractivity (Wildman–Crippen MR) is 126 cm³/mol. The van der Waals surface area contributed by atoms with Gasteiger partial charge in [0.05, 0.1) is 16.6 Å². The van der Waals surface area contributed by atoms with Crippen molar-refractivity contribution < 1.29 is 17.6 Å². The zero-order chi connectivity index (χ0) is 23.4. The van der Waals surface area contributed by atoms with Crippen LogP contribution in [-0.2, 0) is 16.3 Å². The van der Waals surface area contributed by atoms with Crippen molar-refractivity contribution in [1.29, 1.82) is 0 Å². The molecule has 0 fully saturated rings.